The number of para-hydroxylation sites is 3. The van der Waals surface area contributed by atoms with Crippen molar-refractivity contribution in [1.29, 1.82) is 0 Å². The maximum Gasteiger partial charge on any atom is 0.234 e. The molecule has 1 amide bonds. The molecule has 0 aliphatic heterocycles. The molecule has 3 aromatic rings. The van der Waals surface area contributed by atoms with Crippen molar-refractivity contribution < 1.29 is 4.79 Å². The van der Waals surface area contributed by atoms with Crippen molar-refractivity contribution in [1.82, 2.24) is 9.97 Å². The zero-order chi connectivity index (χ0) is 17.8. The summed E-state index contributed by atoms with van der Waals surface area (Å²) in [5.74, 6) is 0.286. The molecule has 1 N–H and O–H groups in total. The summed E-state index contributed by atoms with van der Waals surface area (Å²) in [5.41, 5.74) is 5.74. The molecule has 3 rings (SSSR count). The van der Waals surface area contributed by atoms with E-state index in [1.54, 1.807) is 0 Å². The van der Waals surface area contributed by atoms with Crippen LogP contribution >= 0.6 is 11.8 Å². The molecule has 0 saturated heterocycles. The molecule has 0 atom stereocenters. The summed E-state index contributed by atoms with van der Waals surface area (Å²) in [4.78, 5) is 21.6. The number of aryl methyl sites for hydroxylation is 3. The first-order chi connectivity index (χ1) is 12.1. The fourth-order valence-corrected chi connectivity index (χ4v) is 3.48. The van der Waals surface area contributed by atoms with Crippen LogP contribution in [0.5, 0.6) is 0 Å². The molecular weight excluding hydrogens is 330 g/mol. The number of aromatic nitrogens is 2. The van der Waals surface area contributed by atoms with Crippen molar-refractivity contribution in [2.24, 2.45) is 0 Å². The van der Waals surface area contributed by atoms with E-state index in [-0.39, 0.29) is 5.91 Å². The molecule has 0 fully saturated rings. The third-order valence-electron chi connectivity index (χ3n) is 4.05. The van der Waals surface area contributed by atoms with Crippen molar-refractivity contribution >= 4 is 34.4 Å². The van der Waals surface area contributed by atoms with E-state index in [1.165, 1.54) is 11.8 Å². The van der Waals surface area contributed by atoms with Crippen LogP contribution in [0.1, 0.15) is 23.7 Å². The molecule has 25 heavy (non-hydrogen) atoms. The van der Waals surface area contributed by atoms with Crippen LogP contribution in [-0.4, -0.2) is 21.6 Å². The molecule has 0 aliphatic rings. The van der Waals surface area contributed by atoms with Crippen molar-refractivity contribution in [3.63, 3.8) is 0 Å². The van der Waals surface area contributed by atoms with Crippen LogP contribution in [-0.2, 0) is 11.2 Å². The summed E-state index contributed by atoms with van der Waals surface area (Å²) in [6.45, 7) is 6.03. The third kappa shape index (κ3) is 3.99. The highest BCUT2D eigenvalue weighted by Crippen LogP contribution is 2.24. The van der Waals surface area contributed by atoms with Crippen molar-refractivity contribution in [2.75, 3.05) is 11.1 Å². The Morgan fingerprint density at radius 2 is 1.76 bits per heavy atom. The second kappa shape index (κ2) is 7.66. The van der Waals surface area contributed by atoms with Crippen LogP contribution < -0.4 is 5.32 Å². The van der Waals surface area contributed by atoms with Crippen LogP contribution in [0.3, 0.4) is 0 Å². The van der Waals surface area contributed by atoms with Gasteiger partial charge in [0.25, 0.3) is 0 Å². The van der Waals surface area contributed by atoms with Gasteiger partial charge in [-0.1, -0.05) is 49.0 Å². The molecule has 0 aliphatic carbocycles. The maximum absolute atomic E-state index is 12.4. The maximum atomic E-state index is 12.4. The first-order valence-electron chi connectivity index (χ1n) is 8.33. The minimum atomic E-state index is -0.0247. The molecule has 0 spiro atoms. The van der Waals surface area contributed by atoms with Crippen LogP contribution in [0.15, 0.2) is 47.5 Å². The van der Waals surface area contributed by atoms with Gasteiger partial charge in [-0.15, -0.1) is 0 Å². The van der Waals surface area contributed by atoms with Crippen LogP contribution in [0.4, 0.5) is 5.69 Å². The van der Waals surface area contributed by atoms with E-state index >= 15 is 0 Å². The van der Waals surface area contributed by atoms with Gasteiger partial charge in [-0.3, -0.25) is 4.79 Å². The van der Waals surface area contributed by atoms with Gasteiger partial charge >= 0.3 is 0 Å². The summed E-state index contributed by atoms with van der Waals surface area (Å²) < 4.78 is 0. The van der Waals surface area contributed by atoms with Gasteiger partial charge in [0.05, 0.1) is 22.5 Å². The van der Waals surface area contributed by atoms with E-state index in [2.05, 4.69) is 28.3 Å². The topological polar surface area (TPSA) is 54.9 Å². The molecule has 0 bridgehead atoms. The van der Waals surface area contributed by atoms with Crippen molar-refractivity contribution in [2.45, 2.75) is 32.2 Å². The number of thioether (sulfide) groups is 1. The Labute approximate surface area is 152 Å². The summed E-state index contributed by atoms with van der Waals surface area (Å²) >= 11 is 1.42. The zero-order valence-corrected chi connectivity index (χ0v) is 15.5. The number of rotatable bonds is 5. The normalized spacial score (nSPS) is 10.8. The molecule has 4 nitrogen and oxygen atoms in total. The average molecular weight is 351 g/mol. The van der Waals surface area contributed by atoms with E-state index in [9.17, 15) is 4.79 Å². The first kappa shape index (κ1) is 17.4. The fraction of sp³-hybridized carbons (Fsp3) is 0.250. The highest BCUT2D eigenvalue weighted by molar-refractivity contribution is 8.00. The Morgan fingerprint density at radius 1 is 1.04 bits per heavy atom. The van der Waals surface area contributed by atoms with E-state index in [0.717, 1.165) is 45.0 Å². The SMILES string of the molecule is CCc1cccc(C)c1NC(=O)CSc1nc2ccccc2nc1C. The van der Waals surface area contributed by atoms with Gasteiger partial charge in [-0.2, -0.15) is 0 Å². The predicted molar refractivity (Wildman–Crippen MR) is 104 cm³/mol. The van der Waals surface area contributed by atoms with Gasteiger partial charge in [0.15, 0.2) is 0 Å². The standard InChI is InChI=1S/C20H21N3OS/c1-4-15-9-7-8-13(2)19(15)23-18(24)12-25-20-14(3)21-16-10-5-6-11-17(16)22-20/h5-11H,4,12H2,1-3H3,(H,23,24). The van der Waals surface area contributed by atoms with Crippen LogP contribution in [0.2, 0.25) is 0 Å². The van der Waals surface area contributed by atoms with E-state index in [4.69, 9.17) is 0 Å². The molecule has 0 saturated carbocycles. The monoisotopic (exact) mass is 351 g/mol. The number of hydrogen-bond acceptors (Lipinski definition) is 4. The minimum Gasteiger partial charge on any atom is -0.325 e. The quantitative estimate of drug-likeness (QED) is 0.686. The second-order valence-corrected chi connectivity index (χ2v) is 6.87. The zero-order valence-electron chi connectivity index (χ0n) is 14.7. The number of benzene rings is 2. The molecule has 2 aromatic carbocycles. The second-order valence-electron chi connectivity index (χ2n) is 5.90. The van der Waals surface area contributed by atoms with Crippen LogP contribution in [0.25, 0.3) is 11.0 Å². The van der Waals surface area contributed by atoms with E-state index < -0.39 is 0 Å². The molecule has 5 heteroatoms. The molecule has 0 radical (unpaired) electrons. The number of hydrogen-bond donors (Lipinski definition) is 1. The average Bonchev–Trinajstić information content (AvgIpc) is 2.61. The molecule has 1 aromatic heterocycles. The fourth-order valence-electron chi connectivity index (χ4n) is 2.72. The number of anilines is 1. The van der Waals surface area contributed by atoms with E-state index in [1.807, 2.05) is 50.2 Å². The molecule has 0 unspecified atom stereocenters. The Hall–Kier alpha value is -2.40. The molecule has 128 valence electrons. The van der Waals surface area contributed by atoms with Crippen molar-refractivity contribution in [3.05, 3.63) is 59.3 Å². The van der Waals surface area contributed by atoms with Gasteiger partial charge in [0.1, 0.15) is 5.03 Å². The lowest BCUT2D eigenvalue weighted by molar-refractivity contribution is -0.113. The Morgan fingerprint density at radius 3 is 2.48 bits per heavy atom. The lowest BCUT2D eigenvalue weighted by Gasteiger charge is -2.13. The predicted octanol–water partition coefficient (Wildman–Crippen LogP) is 4.54. The Bertz CT molecular complexity index is 924. The highest BCUT2D eigenvalue weighted by Gasteiger charge is 2.11. The molecule has 1 heterocycles. The minimum absolute atomic E-state index is 0.0247. The lowest BCUT2D eigenvalue weighted by atomic mass is 10.1. The lowest BCUT2D eigenvalue weighted by Crippen LogP contribution is -2.16. The van der Waals surface area contributed by atoms with E-state index in [0.29, 0.717) is 5.75 Å². The highest BCUT2D eigenvalue weighted by atomic mass is 32.2. The van der Waals surface area contributed by atoms with Gasteiger partial charge in [-0.25, -0.2) is 9.97 Å². The third-order valence-corrected chi connectivity index (χ3v) is 5.11. The Balaban J connectivity index is 1.72. The van der Waals surface area contributed by atoms with Gasteiger partial charge in [0, 0.05) is 5.69 Å². The number of nitrogens with one attached hydrogen (secondary N) is 1. The summed E-state index contributed by atoms with van der Waals surface area (Å²) in [5, 5.41) is 3.85. The van der Waals surface area contributed by atoms with Gasteiger partial charge < -0.3 is 5.32 Å². The smallest absolute Gasteiger partial charge is 0.234 e. The summed E-state index contributed by atoms with van der Waals surface area (Å²) in [7, 11) is 0. The summed E-state index contributed by atoms with van der Waals surface area (Å²) in [6, 6.07) is 13.9. The number of fused-ring (bicyclic) bond motifs is 1. The van der Waals surface area contributed by atoms with Crippen molar-refractivity contribution in [3.8, 4) is 0 Å². The molecular formula is C20H21N3OS. The van der Waals surface area contributed by atoms with Gasteiger partial charge in [-0.05, 0) is 43.5 Å². The summed E-state index contributed by atoms with van der Waals surface area (Å²) in [6.07, 6.45) is 0.889. The number of carbonyl (C=O) groups excluding carboxylic acids is 1. The van der Waals surface area contributed by atoms with Crippen LogP contribution in [0, 0.1) is 13.8 Å². The number of carbonyl (C=O) groups is 1. The van der Waals surface area contributed by atoms with Gasteiger partial charge in [0.2, 0.25) is 5.91 Å². The Kier molecular flexibility index (Phi) is 5.34. The number of amides is 1. The first-order valence-corrected chi connectivity index (χ1v) is 9.31. The number of nitrogens with zero attached hydrogens (tertiary/aromatic N) is 2. The largest absolute Gasteiger partial charge is 0.325 e.